The molecule has 5 nitrogen and oxygen atoms in total. The van der Waals surface area contributed by atoms with Gasteiger partial charge in [-0.2, -0.15) is 0 Å². The Morgan fingerprint density at radius 2 is 2.21 bits per heavy atom. The fourth-order valence-electron chi connectivity index (χ4n) is 2.97. The third-order valence-corrected chi connectivity index (χ3v) is 5.12. The molecule has 0 spiro atoms. The van der Waals surface area contributed by atoms with E-state index in [1.165, 1.54) is 10.6 Å². The van der Waals surface area contributed by atoms with Gasteiger partial charge in [0.25, 0.3) is 0 Å². The van der Waals surface area contributed by atoms with Crippen LogP contribution in [0, 0.1) is 6.92 Å². The van der Waals surface area contributed by atoms with Crippen molar-refractivity contribution in [2.45, 2.75) is 19.9 Å². The minimum Gasteiger partial charge on any atom is -0.370 e. The quantitative estimate of drug-likeness (QED) is 0.904. The summed E-state index contributed by atoms with van der Waals surface area (Å²) in [4.78, 5) is 22.2. The molecule has 0 aliphatic carbocycles. The lowest BCUT2D eigenvalue weighted by Crippen LogP contribution is -2.39. The van der Waals surface area contributed by atoms with Crippen LogP contribution < -0.4 is 10.2 Å². The predicted molar refractivity (Wildman–Crippen MR) is 98.4 cm³/mol. The molecule has 0 radical (unpaired) electrons. The highest BCUT2D eigenvalue weighted by atomic mass is 32.1. The number of carbonyl (C=O) groups excluding carboxylic acids is 1. The summed E-state index contributed by atoms with van der Waals surface area (Å²) in [7, 11) is 0. The first kappa shape index (κ1) is 16.9. The van der Waals surface area contributed by atoms with Gasteiger partial charge in [-0.15, -0.1) is 11.3 Å². The van der Waals surface area contributed by atoms with Crippen LogP contribution in [0.25, 0.3) is 0 Å². The molecule has 6 heteroatoms. The van der Waals surface area contributed by atoms with Crippen LogP contribution in [-0.4, -0.2) is 48.5 Å². The molecule has 24 heavy (non-hydrogen) atoms. The molecule has 3 rings (SSSR count). The lowest BCUT2D eigenvalue weighted by Gasteiger charge is -2.23. The van der Waals surface area contributed by atoms with E-state index in [2.05, 4.69) is 32.2 Å². The van der Waals surface area contributed by atoms with Gasteiger partial charge < -0.3 is 10.2 Å². The van der Waals surface area contributed by atoms with Gasteiger partial charge in [-0.1, -0.05) is 6.07 Å². The van der Waals surface area contributed by atoms with Crippen molar-refractivity contribution in [1.82, 2.24) is 15.2 Å². The number of aryl methyl sites for hydroxylation is 1. The number of nitrogens with zero attached hydrogens (tertiary/aromatic N) is 3. The summed E-state index contributed by atoms with van der Waals surface area (Å²) in [5, 5.41) is 5.04. The van der Waals surface area contributed by atoms with E-state index in [1.807, 2.05) is 30.6 Å². The van der Waals surface area contributed by atoms with E-state index in [-0.39, 0.29) is 5.91 Å². The number of hydrogen-bond acceptors (Lipinski definition) is 5. The van der Waals surface area contributed by atoms with E-state index in [0.29, 0.717) is 13.1 Å². The maximum Gasteiger partial charge on any atom is 0.234 e. The van der Waals surface area contributed by atoms with E-state index >= 15 is 0 Å². The number of carbonyl (C=O) groups is 1. The lowest BCUT2D eigenvalue weighted by molar-refractivity contribution is -0.122. The van der Waals surface area contributed by atoms with Gasteiger partial charge in [0.2, 0.25) is 5.91 Å². The normalized spacial score (nSPS) is 16.0. The first-order valence-corrected chi connectivity index (χ1v) is 9.28. The second-order valence-corrected chi connectivity index (χ2v) is 7.16. The maximum atomic E-state index is 12.1. The molecule has 2 aromatic heterocycles. The zero-order valence-electron chi connectivity index (χ0n) is 14.1. The summed E-state index contributed by atoms with van der Waals surface area (Å²) in [6.07, 6.45) is 2.94. The van der Waals surface area contributed by atoms with E-state index in [0.717, 1.165) is 38.3 Å². The van der Waals surface area contributed by atoms with Crippen LogP contribution in [0.5, 0.6) is 0 Å². The fraction of sp³-hybridized carbons (Fsp3) is 0.444. The SMILES string of the molecule is Cc1cc(N2CCCN(CC(=O)NCc3cccs3)CC2)ccn1. The molecular formula is C18H24N4OS. The molecule has 0 aromatic carbocycles. The zero-order valence-corrected chi connectivity index (χ0v) is 14.9. The summed E-state index contributed by atoms with van der Waals surface area (Å²) < 4.78 is 0. The predicted octanol–water partition coefficient (Wildman–Crippen LogP) is 2.28. The molecule has 0 atom stereocenters. The Balaban J connectivity index is 1.47. The molecular weight excluding hydrogens is 320 g/mol. The Kier molecular flexibility index (Phi) is 5.82. The third kappa shape index (κ3) is 4.79. The summed E-state index contributed by atoms with van der Waals surface area (Å²) in [5.74, 6) is 0.108. The van der Waals surface area contributed by atoms with E-state index < -0.39 is 0 Å². The molecule has 0 saturated carbocycles. The monoisotopic (exact) mass is 344 g/mol. The summed E-state index contributed by atoms with van der Waals surface area (Å²) in [6, 6.07) is 8.25. The second kappa shape index (κ2) is 8.26. The molecule has 1 fully saturated rings. The molecule has 3 heterocycles. The standard InChI is InChI=1S/C18H24N4OS/c1-15-12-16(5-6-19-15)22-8-3-7-21(9-10-22)14-18(23)20-13-17-4-2-11-24-17/h2,4-6,11-12H,3,7-10,13-14H2,1H3,(H,20,23). The van der Waals surface area contributed by atoms with Crippen LogP contribution in [0.4, 0.5) is 5.69 Å². The highest BCUT2D eigenvalue weighted by Crippen LogP contribution is 2.16. The van der Waals surface area contributed by atoms with Gasteiger partial charge in [-0.05, 0) is 36.9 Å². The van der Waals surface area contributed by atoms with Gasteiger partial charge in [0.05, 0.1) is 13.1 Å². The second-order valence-electron chi connectivity index (χ2n) is 6.13. The number of amides is 1. The molecule has 128 valence electrons. The topological polar surface area (TPSA) is 48.5 Å². The zero-order chi connectivity index (χ0) is 16.8. The summed E-state index contributed by atoms with van der Waals surface area (Å²) >= 11 is 1.67. The maximum absolute atomic E-state index is 12.1. The van der Waals surface area contributed by atoms with Crippen molar-refractivity contribution in [2.75, 3.05) is 37.6 Å². The van der Waals surface area contributed by atoms with Gasteiger partial charge in [0.1, 0.15) is 0 Å². The largest absolute Gasteiger partial charge is 0.370 e. The molecule has 1 saturated heterocycles. The van der Waals surface area contributed by atoms with Gasteiger partial charge in [0.15, 0.2) is 0 Å². The summed E-state index contributed by atoms with van der Waals surface area (Å²) in [5.41, 5.74) is 2.27. The number of aromatic nitrogens is 1. The number of anilines is 1. The Morgan fingerprint density at radius 1 is 1.29 bits per heavy atom. The molecule has 1 amide bonds. The molecule has 0 unspecified atom stereocenters. The van der Waals surface area contributed by atoms with Crippen molar-refractivity contribution >= 4 is 22.9 Å². The third-order valence-electron chi connectivity index (χ3n) is 4.24. The van der Waals surface area contributed by atoms with Crippen LogP contribution in [0.15, 0.2) is 35.8 Å². The molecule has 1 aliphatic heterocycles. The smallest absolute Gasteiger partial charge is 0.234 e. The Bertz CT molecular complexity index is 659. The van der Waals surface area contributed by atoms with Gasteiger partial charge in [-0.3, -0.25) is 14.7 Å². The molecule has 2 aromatic rings. The van der Waals surface area contributed by atoms with Crippen LogP contribution >= 0.6 is 11.3 Å². The van der Waals surface area contributed by atoms with Crippen LogP contribution in [-0.2, 0) is 11.3 Å². The van der Waals surface area contributed by atoms with E-state index in [4.69, 9.17) is 0 Å². The summed E-state index contributed by atoms with van der Waals surface area (Å²) in [6.45, 7) is 6.98. The highest BCUT2D eigenvalue weighted by Gasteiger charge is 2.17. The minimum atomic E-state index is 0.108. The molecule has 1 N–H and O–H groups in total. The first-order valence-electron chi connectivity index (χ1n) is 8.40. The lowest BCUT2D eigenvalue weighted by atomic mass is 10.3. The van der Waals surface area contributed by atoms with Crippen LogP contribution in [0.1, 0.15) is 17.0 Å². The molecule has 0 bridgehead atoms. The van der Waals surface area contributed by atoms with Crippen LogP contribution in [0.3, 0.4) is 0 Å². The van der Waals surface area contributed by atoms with Crippen molar-refractivity contribution in [1.29, 1.82) is 0 Å². The van der Waals surface area contributed by atoms with Gasteiger partial charge >= 0.3 is 0 Å². The first-order chi connectivity index (χ1) is 11.7. The van der Waals surface area contributed by atoms with Crippen molar-refractivity contribution in [3.05, 3.63) is 46.4 Å². The number of thiophene rings is 1. The number of rotatable bonds is 5. The van der Waals surface area contributed by atoms with Gasteiger partial charge in [-0.25, -0.2) is 0 Å². The Morgan fingerprint density at radius 3 is 3.00 bits per heavy atom. The van der Waals surface area contributed by atoms with E-state index in [1.54, 1.807) is 11.3 Å². The van der Waals surface area contributed by atoms with Crippen molar-refractivity contribution < 1.29 is 4.79 Å². The van der Waals surface area contributed by atoms with Crippen molar-refractivity contribution in [3.63, 3.8) is 0 Å². The Hall–Kier alpha value is -1.92. The average Bonchev–Trinajstić information content (AvgIpc) is 2.99. The van der Waals surface area contributed by atoms with Gasteiger partial charge in [0, 0.05) is 48.6 Å². The number of hydrogen-bond donors (Lipinski definition) is 1. The number of nitrogens with one attached hydrogen (secondary N) is 1. The average molecular weight is 344 g/mol. The molecule has 1 aliphatic rings. The van der Waals surface area contributed by atoms with Crippen molar-refractivity contribution in [2.24, 2.45) is 0 Å². The Labute approximate surface area is 147 Å². The fourth-order valence-corrected chi connectivity index (χ4v) is 3.62. The number of pyridine rings is 1. The van der Waals surface area contributed by atoms with E-state index in [9.17, 15) is 4.79 Å². The minimum absolute atomic E-state index is 0.108. The highest BCUT2D eigenvalue weighted by molar-refractivity contribution is 7.09. The van der Waals surface area contributed by atoms with Crippen molar-refractivity contribution in [3.8, 4) is 0 Å². The van der Waals surface area contributed by atoms with Crippen LogP contribution in [0.2, 0.25) is 0 Å².